The molecule has 0 saturated heterocycles. The van der Waals surface area contributed by atoms with Gasteiger partial charge in [0.05, 0.1) is 0 Å². The van der Waals surface area contributed by atoms with Crippen LogP contribution in [0.15, 0.2) is 0 Å². The first-order chi connectivity index (χ1) is 6.49. The van der Waals surface area contributed by atoms with Gasteiger partial charge < -0.3 is 0 Å². The SMILES string of the molecule is CCCCC(CCCS(C)(=O)=O)NN. The van der Waals surface area contributed by atoms with Crippen molar-refractivity contribution in [2.75, 3.05) is 12.0 Å². The third-order valence-corrected chi connectivity index (χ3v) is 3.24. The third kappa shape index (κ3) is 8.47. The van der Waals surface area contributed by atoms with Crippen molar-refractivity contribution in [3.8, 4) is 0 Å². The Balaban J connectivity index is 3.62. The second kappa shape index (κ2) is 7.20. The van der Waals surface area contributed by atoms with Crippen LogP contribution in [0.4, 0.5) is 0 Å². The van der Waals surface area contributed by atoms with E-state index in [1.165, 1.54) is 6.26 Å². The van der Waals surface area contributed by atoms with Gasteiger partial charge in [-0.25, -0.2) is 8.42 Å². The van der Waals surface area contributed by atoms with E-state index in [0.717, 1.165) is 25.7 Å². The Morgan fingerprint density at radius 3 is 2.29 bits per heavy atom. The zero-order valence-electron chi connectivity index (χ0n) is 9.12. The summed E-state index contributed by atoms with van der Waals surface area (Å²) in [5.41, 5.74) is 2.73. The zero-order valence-corrected chi connectivity index (χ0v) is 9.94. The molecule has 0 bridgehead atoms. The molecule has 0 aromatic heterocycles. The first-order valence-electron chi connectivity index (χ1n) is 5.13. The number of hydrogen-bond donors (Lipinski definition) is 2. The molecule has 0 spiro atoms. The van der Waals surface area contributed by atoms with Crippen LogP contribution in [0.25, 0.3) is 0 Å². The van der Waals surface area contributed by atoms with Crippen molar-refractivity contribution in [3.05, 3.63) is 0 Å². The molecule has 86 valence electrons. The van der Waals surface area contributed by atoms with E-state index in [1.807, 2.05) is 0 Å². The highest BCUT2D eigenvalue weighted by atomic mass is 32.2. The molecule has 0 saturated carbocycles. The predicted molar refractivity (Wildman–Crippen MR) is 59.6 cm³/mol. The average molecular weight is 222 g/mol. The smallest absolute Gasteiger partial charge is 0.147 e. The fourth-order valence-corrected chi connectivity index (χ4v) is 2.04. The van der Waals surface area contributed by atoms with Gasteiger partial charge in [-0.15, -0.1) is 0 Å². The van der Waals surface area contributed by atoms with Crippen LogP contribution in [-0.4, -0.2) is 26.5 Å². The van der Waals surface area contributed by atoms with Crippen molar-refractivity contribution in [2.45, 2.75) is 45.1 Å². The van der Waals surface area contributed by atoms with Crippen LogP contribution in [-0.2, 0) is 9.84 Å². The van der Waals surface area contributed by atoms with E-state index in [4.69, 9.17) is 5.84 Å². The number of sulfone groups is 1. The van der Waals surface area contributed by atoms with Gasteiger partial charge in [0.1, 0.15) is 9.84 Å². The molecule has 4 nitrogen and oxygen atoms in total. The summed E-state index contributed by atoms with van der Waals surface area (Å²) in [5.74, 6) is 5.63. The largest absolute Gasteiger partial charge is 0.271 e. The molecule has 5 heteroatoms. The van der Waals surface area contributed by atoms with Crippen molar-refractivity contribution < 1.29 is 8.42 Å². The van der Waals surface area contributed by atoms with E-state index in [0.29, 0.717) is 6.42 Å². The van der Waals surface area contributed by atoms with E-state index in [2.05, 4.69) is 12.3 Å². The lowest BCUT2D eigenvalue weighted by atomic mass is 10.1. The van der Waals surface area contributed by atoms with Gasteiger partial charge in [-0.3, -0.25) is 11.3 Å². The van der Waals surface area contributed by atoms with Crippen molar-refractivity contribution in [2.24, 2.45) is 5.84 Å². The summed E-state index contributed by atoms with van der Waals surface area (Å²) in [4.78, 5) is 0. The van der Waals surface area contributed by atoms with Crippen molar-refractivity contribution in [1.82, 2.24) is 5.43 Å². The van der Waals surface area contributed by atoms with Gasteiger partial charge in [0, 0.05) is 18.1 Å². The second-order valence-corrected chi connectivity index (χ2v) is 6.04. The molecule has 0 amide bonds. The van der Waals surface area contributed by atoms with Gasteiger partial charge in [-0.1, -0.05) is 19.8 Å². The molecule has 1 atom stereocenters. The molecule has 0 rings (SSSR count). The van der Waals surface area contributed by atoms with Gasteiger partial charge in [-0.2, -0.15) is 0 Å². The molecule has 0 aliphatic heterocycles. The Morgan fingerprint density at radius 2 is 1.86 bits per heavy atom. The summed E-state index contributed by atoms with van der Waals surface area (Å²) in [6.45, 7) is 2.13. The van der Waals surface area contributed by atoms with E-state index in [9.17, 15) is 8.42 Å². The summed E-state index contributed by atoms with van der Waals surface area (Å²) in [6.07, 6.45) is 6.10. The van der Waals surface area contributed by atoms with E-state index in [1.54, 1.807) is 0 Å². The van der Waals surface area contributed by atoms with Crippen LogP contribution < -0.4 is 11.3 Å². The van der Waals surface area contributed by atoms with Crippen LogP contribution in [0, 0.1) is 0 Å². The predicted octanol–water partition coefficient (Wildman–Crippen LogP) is 0.833. The molecule has 3 N–H and O–H groups in total. The molecular formula is C9H22N2O2S. The number of hydrogen-bond acceptors (Lipinski definition) is 4. The number of rotatable bonds is 8. The Hall–Kier alpha value is -0.130. The van der Waals surface area contributed by atoms with Crippen LogP contribution in [0.3, 0.4) is 0 Å². The molecule has 0 aromatic carbocycles. The molecule has 0 aromatic rings. The maximum Gasteiger partial charge on any atom is 0.147 e. The van der Waals surface area contributed by atoms with Crippen LogP contribution >= 0.6 is 0 Å². The minimum absolute atomic E-state index is 0.261. The van der Waals surface area contributed by atoms with Gasteiger partial charge in [0.2, 0.25) is 0 Å². The summed E-state index contributed by atoms with van der Waals surface area (Å²) < 4.78 is 21.7. The van der Waals surface area contributed by atoms with E-state index >= 15 is 0 Å². The molecule has 0 heterocycles. The fraction of sp³-hybridized carbons (Fsp3) is 1.00. The van der Waals surface area contributed by atoms with Gasteiger partial charge in [0.15, 0.2) is 0 Å². The highest BCUT2D eigenvalue weighted by Gasteiger charge is 2.08. The standard InChI is InChI=1S/C9H22N2O2S/c1-3-4-6-9(11-10)7-5-8-14(2,12)13/h9,11H,3-8,10H2,1-2H3. The van der Waals surface area contributed by atoms with Gasteiger partial charge in [0.25, 0.3) is 0 Å². The maximum absolute atomic E-state index is 10.9. The normalized spacial score (nSPS) is 14.2. The van der Waals surface area contributed by atoms with Crippen molar-refractivity contribution in [3.63, 3.8) is 0 Å². The average Bonchev–Trinajstić information content (AvgIpc) is 2.09. The molecule has 1 unspecified atom stereocenters. The summed E-state index contributed by atoms with van der Waals surface area (Å²) >= 11 is 0. The molecule has 0 radical (unpaired) electrons. The van der Waals surface area contributed by atoms with E-state index in [-0.39, 0.29) is 11.8 Å². The quantitative estimate of drug-likeness (QED) is 0.471. The Kier molecular flexibility index (Phi) is 7.13. The van der Waals surface area contributed by atoms with Crippen molar-refractivity contribution >= 4 is 9.84 Å². The highest BCUT2D eigenvalue weighted by molar-refractivity contribution is 7.90. The maximum atomic E-state index is 10.9. The molecule has 0 aliphatic rings. The summed E-state index contributed by atoms with van der Waals surface area (Å²) in [5, 5.41) is 0. The van der Waals surface area contributed by atoms with E-state index < -0.39 is 9.84 Å². The summed E-state index contributed by atoms with van der Waals surface area (Å²) in [6, 6.07) is 0.261. The lowest BCUT2D eigenvalue weighted by Gasteiger charge is -2.14. The topological polar surface area (TPSA) is 72.2 Å². The van der Waals surface area contributed by atoms with Gasteiger partial charge in [-0.05, 0) is 19.3 Å². The number of unbranched alkanes of at least 4 members (excludes halogenated alkanes) is 1. The van der Waals surface area contributed by atoms with Crippen molar-refractivity contribution in [1.29, 1.82) is 0 Å². The van der Waals surface area contributed by atoms with Gasteiger partial charge >= 0.3 is 0 Å². The molecule has 0 aliphatic carbocycles. The monoisotopic (exact) mass is 222 g/mol. The Bertz CT molecular complexity index is 227. The summed E-state index contributed by atoms with van der Waals surface area (Å²) in [7, 11) is -2.82. The van der Waals surface area contributed by atoms with Crippen LogP contribution in [0.1, 0.15) is 39.0 Å². The second-order valence-electron chi connectivity index (χ2n) is 3.78. The fourth-order valence-electron chi connectivity index (χ4n) is 1.35. The lowest BCUT2D eigenvalue weighted by molar-refractivity contribution is 0.444. The Morgan fingerprint density at radius 1 is 1.29 bits per heavy atom. The lowest BCUT2D eigenvalue weighted by Crippen LogP contribution is -2.35. The molecule has 14 heavy (non-hydrogen) atoms. The minimum Gasteiger partial charge on any atom is -0.271 e. The van der Waals surface area contributed by atoms with Crippen LogP contribution in [0.5, 0.6) is 0 Å². The number of nitrogens with two attached hydrogens (primary N) is 1. The molecular weight excluding hydrogens is 200 g/mol. The first-order valence-corrected chi connectivity index (χ1v) is 7.19. The highest BCUT2D eigenvalue weighted by Crippen LogP contribution is 2.06. The van der Waals surface area contributed by atoms with Crippen LogP contribution in [0.2, 0.25) is 0 Å². The Labute approximate surface area is 87.1 Å². The zero-order chi connectivity index (χ0) is 11.0. The molecule has 0 fully saturated rings. The third-order valence-electron chi connectivity index (χ3n) is 2.21. The minimum atomic E-state index is -2.82. The number of hydrazine groups is 1. The first kappa shape index (κ1) is 13.9. The number of nitrogens with one attached hydrogen (secondary N) is 1.